The van der Waals surface area contributed by atoms with Gasteiger partial charge in [-0.2, -0.15) is 0 Å². The molecule has 0 amide bonds. The molecule has 0 spiro atoms. The highest BCUT2D eigenvalue weighted by Crippen LogP contribution is 2.37. The van der Waals surface area contributed by atoms with Gasteiger partial charge in [0.1, 0.15) is 5.75 Å². The second-order valence-corrected chi connectivity index (χ2v) is 7.21. The molecule has 7 heteroatoms. The summed E-state index contributed by atoms with van der Waals surface area (Å²) in [4.78, 5) is 4.15. The van der Waals surface area contributed by atoms with E-state index in [1.807, 2.05) is 13.0 Å². The molecule has 5 nitrogen and oxygen atoms in total. The highest BCUT2D eigenvalue weighted by molar-refractivity contribution is 9.10. The molecule has 21 heavy (non-hydrogen) atoms. The second-order valence-electron chi connectivity index (χ2n) is 4.61. The number of rotatable bonds is 4. The van der Waals surface area contributed by atoms with Crippen LogP contribution in [0.2, 0.25) is 0 Å². The molecule has 0 saturated carbocycles. The Hall–Kier alpha value is -1.60. The van der Waals surface area contributed by atoms with E-state index in [1.54, 1.807) is 31.6 Å². The molecule has 0 bridgehead atoms. The van der Waals surface area contributed by atoms with Gasteiger partial charge in [0.25, 0.3) is 0 Å². The lowest BCUT2D eigenvalue weighted by Crippen LogP contribution is -2.09. The maximum absolute atomic E-state index is 11.3. The number of hydrogen-bond acceptors (Lipinski definition) is 4. The van der Waals surface area contributed by atoms with E-state index in [0.29, 0.717) is 11.4 Å². The fraction of sp³-hybridized carbons (Fsp3) is 0.214. The van der Waals surface area contributed by atoms with E-state index in [0.717, 1.165) is 27.4 Å². The van der Waals surface area contributed by atoms with E-state index in [9.17, 15) is 8.42 Å². The van der Waals surface area contributed by atoms with Crippen LogP contribution in [0, 0.1) is 6.92 Å². The number of methoxy groups -OCH3 is 1. The Morgan fingerprint density at radius 3 is 2.52 bits per heavy atom. The lowest BCUT2D eigenvalue weighted by molar-refractivity contribution is 0.413. The predicted molar refractivity (Wildman–Crippen MR) is 87.1 cm³/mol. The number of nitrogens with zero attached hydrogens (tertiary/aromatic N) is 1. The van der Waals surface area contributed by atoms with Crippen LogP contribution in [0.5, 0.6) is 5.75 Å². The van der Waals surface area contributed by atoms with Gasteiger partial charge in [-0.05, 0) is 46.1 Å². The quantitative estimate of drug-likeness (QED) is 0.896. The third kappa shape index (κ3) is 3.74. The van der Waals surface area contributed by atoms with E-state index in [-0.39, 0.29) is 0 Å². The average Bonchev–Trinajstić information content (AvgIpc) is 2.36. The van der Waals surface area contributed by atoms with Crippen molar-refractivity contribution < 1.29 is 13.2 Å². The Morgan fingerprint density at radius 1 is 1.24 bits per heavy atom. The minimum absolute atomic E-state index is 0.528. The minimum atomic E-state index is -3.29. The Morgan fingerprint density at radius 2 is 1.95 bits per heavy atom. The summed E-state index contributed by atoms with van der Waals surface area (Å²) in [5.74, 6) is 0.692. The SMILES string of the molecule is COc1c(Br)cncc1-c1ccc(NS(C)(=O)=O)cc1C. The number of aryl methyl sites for hydroxylation is 1. The minimum Gasteiger partial charge on any atom is -0.495 e. The largest absolute Gasteiger partial charge is 0.495 e. The van der Waals surface area contributed by atoms with Crippen molar-refractivity contribution in [3.63, 3.8) is 0 Å². The molecule has 2 rings (SSSR count). The molecule has 0 aliphatic rings. The fourth-order valence-corrected chi connectivity index (χ4v) is 3.11. The summed E-state index contributed by atoms with van der Waals surface area (Å²) in [6.45, 7) is 1.91. The van der Waals surface area contributed by atoms with Crippen LogP contribution in [0.4, 0.5) is 5.69 Å². The Balaban J connectivity index is 2.50. The second kappa shape index (κ2) is 6.03. The first-order chi connectivity index (χ1) is 9.81. The van der Waals surface area contributed by atoms with Crippen molar-refractivity contribution in [1.29, 1.82) is 0 Å². The average molecular weight is 371 g/mol. The lowest BCUT2D eigenvalue weighted by atomic mass is 10.0. The predicted octanol–water partition coefficient (Wildman–Crippen LogP) is 3.20. The fourth-order valence-electron chi connectivity index (χ4n) is 2.07. The number of sulfonamides is 1. The molecule has 112 valence electrons. The van der Waals surface area contributed by atoms with Crippen molar-refractivity contribution >= 4 is 31.6 Å². The molecule has 0 atom stereocenters. The third-order valence-electron chi connectivity index (χ3n) is 2.88. The molecule has 1 aromatic carbocycles. The van der Waals surface area contributed by atoms with Crippen molar-refractivity contribution in [3.8, 4) is 16.9 Å². The summed E-state index contributed by atoms with van der Waals surface area (Å²) in [6.07, 6.45) is 4.50. The summed E-state index contributed by atoms with van der Waals surface area (Å²) in [6, 6.07) is 5.33. The van der Waals surface area contributed by atoms with E-state index in [1.165, 1.54) is 0 Å². The van der Waals surface area contributed by atoms with Crippen LogP contribution in [0.15, 0.2) is 35.1 Å². The van der Waals surface area contributed by atoms with E-state index in [2.05, 4.69) is 25.6 Å². The van der Waals surface area contributed by atoms with Crippen LogP contribution in [-0.4, -0.2) is 26.8 Å². The van der Waals surface area contributed by atoms with Crippen molar-refractivity contribution in [2.75, 3.05) is 18.1 Å². The summed E-state index contributed by atoms with van der Waals surface area (Å²) in [5.41, 5.74) is 3.22. The van der Waals surface area contributed by atoms with Crippen molar-refractivity contribution in [2.24, 2.45) is 0 Å². The van der Waals surface area contributed by atoms with Crippen LogP contribution >= 0.6 is 15.9 Å². The molecule has 2 aromatic rings. The molecule has 0 radical (unpaired) electrons. The summed E-state index contributed by atoms with van der Waals surface area (Å²) in [5, 5.41) is 0. The number of ether oxygens (including phenoxy) is 1. The van der Waals surface area contributed by atoms with Gasteiger partial charge in [-0.3, -0.25) is 9.71 Å². The van der Waals surface area contributed by atoms with Crippen LogP contribution < -0.4 is 9.46 Å². The van der Waals surface area contributed by atoms with Gasteiger partial charge in [0.05, 0.1) is 17.8 Å². The Labute approximate surface area is 132 Å². The molecule has 0 saturated heterocycles. The maximum atomic E-state index is 11.3. The number of anilines is 1. The summed E-state index contributed by atoms with van der Waals surface area (Å²) >= 11 is 3.40. The van der Waals surface area contributed by atoms with Gasteiger partial charge in [0.15, 0.2) is 0 Å². The molecule has 1 N–H and O–H groups in total. The zero-order valence-corrected chi connectivity index (χ0v) is 14.2. The molecule has 0 fully saturated rings. The first-order valence-corrected chi connectivity index (χ1v) is 8.76. The molecular formula is C14H15BrN2O3S. The zero-order valence-electron chi connectivity index (χ0n) is 11.8. The van der Waals surface area contributed by atoms with Gasteiger partial charge in [-0.1, -0.05) is 6.07 Å². The van der Waals surface area contributed by atoms with E-state index >= 15 is 0 Å². The number of benzene rings is 1. The molecule has 1 aromatic heterocycles. The molecule has 0 aliphatic heterocycles. The zero-order chi connectivity index (χ0) is 15.6. The van der Waals surface area contributed by atoms with Crippen molar-refractivity contribution in [1.82, 2.24) is 4.98 Å². The van der Waals surface area contributed by atoms with Gasteiger partial charge in [-0.15, -0.1) is 0 Å². The number of halogens is 1. The van der Waals surface area contributed by atoms with E-state index in [4.69, 9.17) is 4.74 Å². The van der Waals surface area contributed by atoms with E-state index < -0.39 is 10.0 Å². The van der Waals surface area contributed by atoms with Crippen LogP contribution in [0.1, 0.15) is 5.56 Å². The Kier molecular flexibility index (Phi) is 4.53. The summed E-state index contributed by atoms with van der Waals surface area (Å²) in [7, 11) is -1.69. The van der Waals surface area contributed by atoms with Crippen molar-refractivity contribution in [2.45, 2.75) is 6.92 Å². The number of aromatic nitrogens is 1. The van der Waals surface area contributed by atoms with Crippen molar-refractivity contribution in [3.05, 3.63) is 40.6 Å². The van der Waals surface area contributed by atoms with Gasteiger partial charge in [0.2, 0.25) is 10.0 Å². The third-order valence-corrected chi connectivity index (χ3v) is 4.05. The normalized spacial score (nSPS) is 11.2. The molecule has 1 heterocycles. The first-order valence-electron chi connectivity index (χ1n) is 6.08. The van der Waals surface area contributed by atoms with Gasteiger partial charge < -0.3 is 4.74 Å². The first kappa shape index (κ1) is 15.8. The lowest BCUT2D eigenvalue weighted by Gasteiger charge is -2.13. The number of pyridine rings is 1. The van der Waals surface area contributed by atoms with Crippen LogP contribution in [-0.2, 0) is 10.0 Å². The highest BCUT2D eigenvalue weighted by Gasteiger charge is 2.13. The van der Waals surface area contributed by atoms with Gasteiger partial charge in [0, 0.05) is 23.6 Å². The van der Waals surface area contributed by atoms with Gasteiger partial charge in [-0.25, -0.2) is 8.42 Å². The highest BCUT2D eigenvalue weighted by atomic mass is 79.9. The van der Waals surface area contributed by atoms with Crippen LogP contribution in [0.3, 0.4) is 0 Å². The summed E-state index contributed by atoms with van der Waals surface area (Å²) < 4.78 is 31.1. The molecular weight excluding hydrogens is 356 g/mol. The molecule has 0 aliphatic carbocycles. The topological polar surface area (TPSA) is 68.3 Å². The maximum Gasteiger partial charge on any atom is 0.229 e. The number of hydrogen-bond donors (Lipinski definition) is 1. The van der Waals surface area contributed by atoms with Crippen LogP contribution in [0.25, 0.3) is 11.1 Å². The Bertz CT molecular complexity index is 776. The van der Waals surface area contributed by atoms with Gasteiger partial charge >= 0.3 is 0 Å². The smallest absolute Gasteiger partial charge is 0.229 e. The molecule has 0 unspecified atom stereocenters. The monoisotopic (exact) mass is 370 g/mol. The standard InChI is InChI=1S/C14H15BrN2O3S/c1-9-6-10(17-21(3,18)19)4-5-11(9)12-7-16-8-13(15)14(12)20-2/h4-8,17H,1-3H3. The number of nitrogens with one attached hydrogen (secondary N) is 1.